The molecule has 0 radical (unpaired) electrons. The molecule has 1 amide bonds. The smallest absolute Gasteiger partial charge is 0.326 e. The standard InChI is InChI=1S/C16H12Cl2F3NO/c17-11-3-1-2-10(8-11)4-7-15(23)22-12-5-6-14(18)13(9-12)16(19,20)21/h1-3,5-6,8-9H,4,7H2,(H,22,23). The molecule has 0 atom stereocenters. The molecule has 0 spiro atoms. The van der Waals surface area contributed by atoms with Crippen LogP contribution in [0.15, 0.2) is 42.5 Å². The highest BCUT2D eigenvalue weighted by molar-refractivity contribution is 6.31. The summed E-state index contributed by atoms with van der Waals surface area (Å²) in [6.07, 6.45) is -4.00. The van der Waals surface area contributed by atoms with Gasteiger partial charge >= 0.3 is 6.18 Å². The van der Waals surface area contributed by atoms with Crippen molar-refractivity contribution >= 4 is 34.8 Å². The highest BCUT2D eigenvalue weighted by Crippen LogP contribution is 2.36. The van der Waals surface area contributed by atoms with Gasteiger partial charge < -0.3 is 5.32 Å². The first-order valence-electron chi connectivity index (χ1n) is 6.67. The topological polar surface area (TPSA) is 29.1 Å². The zero-order chi connectivity index (χ0) is 17.0. The van der Waals surface area contributed by atoms with Gasteiger partial charge in [-0.15, -0.1) is 0 Å². The van der Waals surface area contributed by atoms with Gasteiger partial charge in [-0.25, -0.2) is 0 Å². The van der Waals surface area contributed by atoms with Gasteiger partial charge in [-0.05, 0) is 42.3 Å². The van der Waals surface area contributed by atoms with Crippen molar-refractivity contribution in [3.8, 4) is 0 Å². The molecule has 7 heteroatoms. The lowest BCUT2D eigenvalue weighted by Gasteiger charge is -2.11. The SMILES string of the molecule is O=C(CCc1cccc(Cl)c1)Nc1ccc(Cl)c(C(F)(F)F)c1. The first-order valence-corrected chi connectivity index (χ1v) is 7.42. The number of hydrogen-bond acceptors (Lipinski definition) is 1. The Kier molecular flexibility index (Phi) is 5.55. The van der Waals surface area contributed by atoms with E-state index in [9.17, 15) is 18.0 Å². The maximum absolute atomic E-state index is 12.8. The van der Waals surface area contributed by atoms with Crippen LogP contribution in [0.1, 0.15) is 17.5 Å². The van der Waals surface area contributed by atoms with Gasteiger partial charge in [-0.3, -0.25) is 4.79 Å². The Morgan fingerprint density at radius 3 is 2.48 bits per heavy atom. The number of aryl methyl sites for hydroxylation is 1. The van der Waals surface area contributed by atoms with Crippen molar-refractivity contribution in [1.82, 2.24) is 0 Å². The van der Waals surface area contributed by atoms with Crippen molar-refractivity contribution in [2.45, 2.75) is 19.0 Å². The Balaban J connectivity index is 2.00. The Hall–Kier alpha value is -1.72. The second kappa shape index (κ2) is 7.23. The average molecular weight is 362 g/mol. The van der Waals surface area contributed by atoms with Crippen LogP contribution in [0.5, 0.6) is 0 Å². The summed E-state index contributed by atoms with van der Waals surface area (Å²) >= 11 is 11.4. The van der Waals surface area contributed by atoms with Crippen LogP contribution in [0.2, 0.25) is 10.0 Å². The predicted molar refractivity (Wildman–Crippen MR) is 84.9 cm³/mol. The molecule has 1 N–H and O–H groups in total. The number of carbonyl (C=O) groups excluding carboxylic acids is 1. The van der Waals surface area contributed by atoms with Crippen LogP contribution >= 0.6 is 23.2 Å². The van der Waals surface area contributed by atoms with Crippen LogP contribution in [0.3, 0.4) is 0 Å². The van der Waals surface area contributed by atoms with Crippen LogP contribution in [0, 0.1) is 0 Å². The van der Waals surface area contributed by atoms with Crippen molar-refractivity contribution in [3.63, 3.8) is 0 Å². The lowest BCUT2D eigenvalue weighted by molar-refractivity contribution is -0.137. The normalized spacial score (nSPS) is 11.3. The molecule has 2 nitrogen and oxygen atoms in total. The van der Waals surface area contributed by atoms with E-state index in [4.69, 9.17) is 23.2 Å². The zero-order valence-corrected chi connectivity index (χ0v) is 13.3. The van der Waals surface area contributed by atoms with E-state index in [1.54, 1.807) is 18.2 Å². The summed E-state index contributed by atoms with van der Waals surface area (Å²) in [4.78, 5) is 11.9. The molecule has 23 heavy (non-hydrogen) atoms. The fourth-order valence-electron chi connectivity index (χ4n) is 1.99. The van der Waals surface area contributed by atoms with E-state index >= 15 is 0 Å². The van der Waals surface area contributed by atoms with Crippen LogP contribution < -0.4 is 5.32 Å². The summed E-state index contributed by atoms with van der Waals surface area (Å²) in [7, 11) is 0. The lowest BCUT2D eigenvalue weighted by atomic mass is 10.1. The molecule has 2 aromatic rings. The fourth-order valence-corrected chi connectivity index (χ4v) is 2.43. The molecule has 0 bridgehead atoms. The van der Waals surface area contributed by atoms with Crippen molar-refractivity contribution < 1.29 is 18.0 Å². The zero-order valence-electron chi connectivity index (χ0n) is 11.8. The molecule has 0 fully saturated rings. The first kappa shape index (κ1) is 17.6. The molecule has 0 saturated carbocycles. The minimum Gasteiger partial charge on any atom is -0.326 e. The van der Waals surface area contributed by atoms with E-state index in [2.05, 4.69) is 5.32 Å². The molecular weight excluding hydrogens is 350 g/mol. The highest BCUT2D eigenvalue weighted by Gasteiger charge is 2.33. The summed E-state index contributed by atoms with van der Waals surface area (Å²) in [6, 6.07) is 10.3. The van der Waals surface area contributed by atoms with E-state index < -0.39 is 16.8 Å². The number of anilines is 1. The van der Waals surface area contributed by atoms with Crippen LogP contribution in [-0.2, 0) is 17.4 Å². The van der Waals surface area contributed by atoms with E-state index in [0.29, 0.717) is 11.4 Å². The third kappa shape index (κ3) is 5.15. The number of alkyl halides is 3. The molecule has 2 aromatic carbocycles. The Bertz CT molecular complexity index is 717. The largest absolute Gasteiger partial charge is 0.417 e. The minimum absolute atomic E-state index is 0.0535. The molecule has 0 saturated heterocycles. The molecule has 0 aliphatic rings. The number of nitrogens with one attached hydrogen (secondary N) is 1. The number of hydrogen-bond donors (Lipinski definition) is 1. The quantitative estimate of drug-likeness (QED) is 0.756. The lowest BCUT2D eigenvalue weighted by Crippen LogP contribution is -2.14. The molecule has 0 unspecified atom stereocenters. The first-order chi connectivity index (χ1) is 10.8. The van der Waals surface area contributed by atoms with E-state index in [-0.39, 0.29) is 18.0 Å². The number of amides is 1. The van der Waals surface area contributed by atoms with Gasteiger partial charge in [0.15, 0.2) is 0 Å². The summed E-state index contributed by atoms with van der Waals surface area (Å²) < 4.78 is 38.3. The van der Waals surface area contributed by atoms with E-state index in [0.717, 1.165) is 17.7 Å². The van der Waals surface area contributed by atoms with Crippen molar-refractivity contribution in [2.75, 3.05) is 5.32 Å². The summed E-state index contributed by atoms with van der Waals surface area (Å²) in [5.74, 6) is -0.388. The number of halogens is 5. The fraction of sp³-hybridized carbons (Fsp3) is 0.188. The Morgan fingerprint density at radius 1 is 1.09 bits per heavy atom. The highest BCUT2D eigenvalue weighted by atomic mass is 35.5. The molecule has 0 aromatic heterocycles. The third-order valence-corrected chi connectivity index (χ3v) is 3.65. The van der Waals surface area contributed by atoms with Crippen LogP contribution in [-0.4, -0.2) is 5.91 Å². The van der Waals surface area contributed by atoms with Gasteiger partial charge in [-0.1, -0.05) is 35.3 Å². The number of carbonyl (C=O) groups is 1. The second-order valence-corrected chi connectivity index (χ2v) is 5.71. The van der Waals surface area contributed by atoms with E-state index in [1.807, 2.05) is 6.07 Å². The van der Waals surface area contributed by atoms with Gasteiger partial charge in [0.2, 0.25) is 5.91 Å². The Morgan fingerprint density at radius 2 is 1.83 bits per heavy atom. The van der Waals surface area contributed by atoms with Gasteiger partial charge in [-0.2, -0.15) is 13.2 Å². The number of rotatable bonds is 4. The van der Waals surface area contributed by atoms with Crippen molar-refractivity contribution in [1.29, 1.82) is 0 Å². The number of benzene rings is 2. The summed E-state index contributed by atoms with van der Waals surface area (Å²) in [6.45, 7) is 0. The molecule has 0 heterocycles. The van der Waals surface area contributed by atoms with E-state index in [1.165, 1.54) is 6.07 Å². The van der Waals surface area contributed by atoms with Gasteiger partial charge in [0.05, 0.1) is 10.6 Å². The predicted octanol–water partition coefficient (Wildman–Crippen LogP) is 5.58. The summed E-state index contributed by atoms with van der Waals surface area (Å²) in [5, 5.41) is 2.59. The maximum atomic E-state index is 12.8. The third-order valence-electron chi connectivity index (χ3n) is 3.09. The molecule has 0 aliphatic carbocycles. The van der Waals surface area contributed by atoms with Crippen molar-refractivity contribution in [2.24, 2.45) is 0 Å². The van der Waals surface area contributed by atoms with Crippen LogP contribution in [0.25, 0.3) is 0 Å². The van der Waals surface area contributed by atoms with Gasteiger partial charge in [0.25, 0.3) is 0 Å². The Labute approximate surface area is 141 Å². The molecule has 2 rings (SSSR count). The van der Waals surface area contributed by atoms with Crippen molar-refractivity contribution in [3.05, 3.63) is 63.6 Å². The van der Waals surface area contributed by atoms with Gasteiger partial charge in [0.1, 0.15) is 0 Å². The average Bonchev–Trinajstić information content (AvgIpc) is 2.46. The van der Waals surface area contributed by atoms with Crippen LogP contribution in [0.4, 0.5) is 18.9 Å². The maximum Gasteiger partial charge on any atom is 0.417 e. The molecule has 0 aliphatic heterocycles. The monoisotopic (exact) mass is 361 g/mol. The molecule has 122 valence electrons. The van der Waals surface area contributed by atoms with Gasteiger partial charge in [0, 0.05) is 17.1 Å². The second-order valence-electron chi connectivity index (χ2n) is 4.87. The molecular formula is C16H12Cl2F3NO. The minimum atomic E-state index is -4.57. The summed E-state index contributed by atoms with van der Waals surface area (Å²) in [5.41, 5.74) is -0.0515.